The largest absolute Gasteiger partial charge is 0.494 e. The first-order valence-corrected chi connectivity index (χ1v) is 10.2. The minimum atomic E-state index is -4.45. The first kappa shape index (κ1) is 20.4. The number of anilines is 1. The van der Waals surface area contributed by atoms with Crippen LogP contribution in [0.3, 0.4) is 0 Å². The molecule has 0 radical (unpaired) electrons. The minimum absolute atomic E-state index is 0.154. The highest BCUT2D eigenvalue weighted by molar-refractivity contribution is 7.89. The van der Waals surface area contributed by atoms with Crippen molar-refractivity contribution >= 4 is 15.8 Å². The zero-order chi connectivity index (χ0) is 20.4. The zero-order valence-electron chi connectivity index (χ0n) is 15.2. The van der Waals surface area contributed by atoms with Gasteiger partial charge in [-0.1, -0.05) is 0 Å². The molecular weight excluding hydrogens is 395 g/mol. The molecule has 1 aromatic heterocycles. The number of hydrogen-bond donors (Lipinski definition) is 0. The van der Waals surface area contributed by atoms with Crippen molar-refractivity contribution in [2.24, 2.45) is 0 Å². The van der Waals surface area contributed by atoms with Crippen molar-refractivity contribution < 1.29 is 26.3 Å². The average molecular weight is 415 g/mol. The molecule has 3 rings (SSSR count). The van der Waals surface area contributed by atoms with Gasteiger partial charge in [-0.2, -0.15) is 17.5 Å². The van der Waals surface area contributed by atoms with Crippen LogP contribution >= 0.6 is 0 Å². The topological polar surface area (TPSA) is 62.7 Å². The number of rotatable bonds is 5. The number of benzene rings is 1. The molecule has 0 N–H and O–H groups in total. The van der Waals surface area contributed by atoms with Gasteiger partial charge >= 0.3 is 6.18 Å². The van der Waals surface area contributed by atoms with Gasteiger partial charge in [0, 0.05) is 32.4 Å². The van der Waals surface area contributed by atoms with Crippen LogP contribution in [0.15, 0.2) is 47.5 Å². The summed E-state index contributed by atoms with van der Waals surface area (Å²) in [6.45, 7) is 3.15. The number of alkyl halides is 3. The molecule has 0 atom stereocenters. The van der Waals surface area contributed by atoms with Crippen LogP contribution in [0.4, 0.5) is 19.0 Å². The lowest BCUT2D eigenvalue weighted by Gasteiger charge is -2.34. The first-order valence-electron chi connectivity index (χ1n) is 8.73. The Labute approximate surface area is 161 Å². The fourth-order valence-corrected chi connectivity index (χ4v) is 4.37. The van der Waals surface area contributed by atoms with Gasteiger partial charge in [0.2, 0.25) is 10.0 Å². The van der Waals surface area contributed by atoms with Gasteiger partial charge in [-0.15, -0.1) is 0 Å². The van der Waals surface area contributed by atoms with E-state index in [0.29, 0.717) is 12.4 Å². The normalized spacial score (nSPS) is 16.2. The first-order chi connectivity index (χ1) is 13.2. The Morgan fingerprint density at radius 3 is 2.29 bits per heavy atom. The number of sulfonamides is 1. The van der Waals surface area contributed by atoms with Gasteiger partial charge in [0.25, 0.3) is 0 Å². The molecule has 2 heterocycles. The van der Waals surface area contributed by atoms with Crippen LogP contribution in [0, 0.1) is 0 Å². The predicted molar refractivity (Wildman–Crippen MR) is 97.8 cm³/mol. The standard InChI is InChI=1S/C18H20F3N3O3S/c1-2-27-15-3-5-16(6-4-15)28(25,26)24-11-9-23(10-12-24)17-13-14(7-8-22-17)18(19,20)21/h3-8,13H,2,9-12H2,1H3. The van der Waals surface area contributed by atoms with E-state index in [1.807, 2.05) is 6.92 Å². The molecule has 0 bridgehead atoms. The smallest absolute Gasteiger partial charge is 0.416 e. The average Bonchev–Trinajstić information content (AvgIpc) is 2.68. The van der Waals surface area contributed by atoms with Crippen molar-refractivity contribution in [2.45, 2.75) is 18.0 Å². The van der Waals surface area contributed by atoms with Crippen LogP contribution in [0.25, 0.3) is 0 Å². The lowest BCUT2D eigenvalue weighted by Crippen LogP contribution is -2.48. The van der Waals surface area contributed by atoms with E-state index in [4.69, 9.17) is 4.74 Å². The van der Waals surface area contributed by atoms with Crippen molar-refractivity contribution in [1.29, 1.82) is 0 Å². The van der Waals surface area contributed by atoms with Crippen molar-refractivity contribution in [3.8, 4) is 5.75 Å². The molecule has 1 aromatic carbocycles. The number of piperazine rings is 1. The third-order valence-electron chi connectivity index (χ3n) is 4.41. The maximum Gasteiger partial charge on any atom is 0.416 e. The molecule has 28 heavy (non-hydrogen) atoms. The van der Waals surface area contributed by atoms with Crippen LogP contribution in [0.1, 0.15) is 12.5 Å². The molecule has 0 unspecified atom stereocenters. The second-order valence-electron chi connectivity index (χ2n) is 6.20. The molecule has 1 aliphatic heterocycles. The summed E-state index contributed by atoms with van der Waals surface area (Å²) in [7, 11) is -3.68. The molecule has 10 heteroatoms. The maximum absolute atomic E-state index is 12.9. The van der Waals surface area contributed by atoms with E-state index < -0.39 is 21.8 Å². The Hall–Kier alpha value is -2.33. The zero-order valence-corrected chi connectivity index (χ0v) is 16.0. The third-order valence-corrected chi connectivity index (χ3v) is 6.32. The van der Waals surface area contributed by atoms with Gasteiger partial charge in [0.05, 0.1) is 17.1 Å². The molecular formula is C18H20F3N3O3S. The van der Waals surface area contributed by atoms with E-state index in [-0.39, 0.29) is 36.9 Å². The molecule has 1 aliphatic rings. The van der Waals surface area contributed by atoms with Crippen LogP contribution in [-0.2, 0) is 16.2 Å². The second-order valence-corrected chi connectivity index (χ2v) is 8.13. The van der Waals surface area contributed by atoms with E-state index in [1.54, 1.807) is 17.0 Å². The summed E-state index contributed by atoms with van der Waals surface area (Å²) in [5, 5.41) is 0. The van der Waals surface area contributed by atoms with E-state index in [0.717, 1.165) is 18.3 Å². The van der Waals surface area contributed by atoms with Crippen LogP contribution in [0.2, 0.25) is 0 Å². The number of halogens is 3. The fraction of sp³-hybridized carbons (Fsp3) is 0.389. The van der Waals surface area contributed by atoms with E-state index in [9.17, 15) is 21.6 Å². The molecule has 0 amide bonds. The highest BCUT2D eigenvalue weighted by atomic mass is 32.2. The van der Waals surface area contributed by atoms with E-state index >= 15 is 0 Å². The lowest BCUT2D eigenvalue weighted by atomic mass is 10.2. The Kier molecular flexibility index (Phi) is 5.80. The molecule has 152 valence electrons. The highest BCUT2D eigenvalue weighted by Gasteiger charge is 2.33. The Morgan fingerprint density at radius 2 is 1.71 bits per heavy atom. The van der Waals surface area contributed by atoms with Gasteiger partial charge in [-0.3, -0.25) is 0 Å². The predicted octanol–water partition coefficient (Wildman–Crippen LogP) is 3.01. The minimum Gasteiger partial charge on any atom is -0.494 e. The summed E-state index contributed by atoms with van der Waals surface area (Å²) >= 11 is 0. The summed E-state index contributed by atoms with van der Waals surface area (Å²) in [5.74, 6) is 0.773. The number of aromatic nitrogens is 1. The quantitative estimate of drug-likeness (QED) is 0.751. The van der Waals surface area contributed by atoms with Crippen molar-refractivity contribution in [3.05, 3.63) is 48.2 Å². The maximum atomic E-state index is 12.9. The van der Waals surface area contributed by atoms with Gasteiger partial charge in [-0.05, 0) is 43.3 Å². The molecule has 0 aliphatic carbocycles. The van der Waals surface area contributed by atoms with Crippen molar-refractivity contribution in [1.82, 2.24) is 9.29 Å². The number of hydrogen-bond acceptors (Lipinski definition) is 5. The number of ether oxygens (including phenoxy) is 1. The summed E-state index contributed by atoms with van der Waals surface area (Å²) in [6, 6.07) is 8.06. The molecule has 1 saturated heterocycles. The summed E-state index contributed by atoms with van der Waals surface area (Å²) < 4.78 is 70.8. The summed E-state index contributed by atoms with van der Waals surface area (Å²) in [4.78, 5) is 5.80. The second kappa shape index (κ2) is 7.96. The lowest BCUT2D eigenvalue weighted by molar-refractivity contribution is -0.137. The molecule has 6 nitrogen and oxygen atoms in total. The molecule has 0 saturated carbocycles. The Balaban J connectivity index is 1.69. The van der Waals surface area contributed by atoms with Gasteiger partial charge < -0.3 is 9.64 Å². The molecule has 2 aromatic rings. The van der Waals surface area contributed by atoms with E-state index in [2.05, 4.69) is 4.98 Å². The van der Waals surface area contributed by atoms with Crippen LogP contribution in [0.5, 0.6) is 5.75 Å². The third kappa shape index (κ3) is 4.39. The summed E-state index contributed by atoms with van der Waals surface area (Å²) in [6.07, 6.45) is -3.34. The molecule has 1 fully saturated rings. The van der Waals surface area contributed by atoms with Gasteiger partial charge in [0.15, 0.2) is 0 Å². The Morgan fingerprint density at radius 1 is 1.07 bits per heavy atom. The fourth-order valence-electron chi connectivity index (χ4n) is 2.95. The SMILES string of the molecule is CCOc1ccc(S(=O)(=O)N2CCN(c3cc(C(F)(F)F)ccn3)CC2)cc1. The van der Waals surface area contributed by atoms with Crippen LogP contribution in [-0.4, -0.2) is 50.5 Å². The van der Waals surface area contributed by atoms with Gasteiger partial charge in [0.1, 0.15) is 11.6 Å². The van der Waals surface area contributed by atoms with Crippen molar-refractivity contribution in [2.75, 3.05) is 37.7 Å². The number of nitrogens with zero attached hydrogens (tertiary/aromatic N) is 3. The summed E-state index contributed by atoms with van der Waals surface area (Å²) in [5.41, 5.74) is -0.776. The Bertz CT molecular complexity index is 910. The molecule has 0 spiro atoms. The number of pyridine rings is 1. The van der Waals surface area contributed by atoms with E-state index in [1.165, 1.54) is 16.4 Å². The van der Waals surface area contributed by atoms with Gasteiger partial charge in [-0.25, -0.2) is 13.4 Å². The van der Waals surface area contributed by atoms with Crippen LogP contribution < -0.4 is 9.64 Å². The monoisotopic (exact) mass is 415 g/mol. The van der Waals surface area contributed by atoms with Crippen molar-refractivity contribution in [3.63, 3.8) is 0 Å². The highest BCUT2D eigenvalue weighted by Crippen LogP contribution is 2.31.